The van der Waals surface area contributed by atoms with Crippen molar-refractivity contribution >= 4 is 16.7 Å². The molecule has 0 unspecified atom stereocenters. The number of para-hydroxylation sites is 1. The third-order valence-corrected chi connectivity index (χ3v) is 2.94. The quantitative estimate of drug-likeness (QED) is 0.721. The van der Waals surface area contributed by atoms with Gasteiger partial charge in [0.25, 0.3) is 5.56 Å². The fourth-order valence-corrected chi connectivity index (χ4v) is 1.96. The summed E-state index contributed by atoms with van der Waals surface area (Å²) in [5.41, 5.74) is 0.918. The fourth-order valence-electron chi connectivity index (χ4n) is 1.96. The molecule has 2 heterocycles. The molecule has 0 aliphatic carbocycles. The molecule has 0 spiro atoms. The summed E-state index contributed by atoms with van der Waals surface area (Å²) < 4.78 is 1.32. The molecule has 3 rings (SSSR count). The van der Waals surface area contributed by atoms with Crippen LogP contribution in [0.4, 0.5) is 0 Å². The number of nitrogens with one attached hydrogen (secondary N) is 1. The number of nitrogens with zero attached hydrogens (tertiary/aromatic N) is 2. The molecule has 1 N–H and O–H groups in total. The predicted molar refractivity (Wildman–Crippen MR) is 71.1 cm³/mol. The van der Waals surface area contributed by atoms with E-state index in [1.54, 1.807) is 36.5 Å². The number of carbonyl (C=O) groups is 1. The molecule has 0 bridgehead atoms. The van der Waals surface area contributed by atoms with Crippen LogP contribution in [0.3, 0.4) is 0 Å². The van der Waals surface area contributed by atoms with Crippen LogP contribution in [0.25, 0.3) is 10.9 Å². The summed E-state index contributed by atoms with van der Waals surface area (Å²) in [6.07, 6.45) is 3.08. The first-order valence-electron chi connectivity index (χ1n) is 5.86. The average Bonchev–Trinajstić information content (AvgIpc) is 2.96. The average molecular weight is 253 g/mol. The Kier molecular flexibility index (Phi) is 2.72. The van der Waals surface area contributed by atoms with Crippen LogP contribution in [0.2, 0.25) is 0 Å². The van der Waals surface area contributed by atoms with Gasteiger partial charge in [-0.25, -0.2) is 4.98 Å². The Balaban J connectivity index is 2.00. The lowest BCUT2D eigenvalue weighted by Gasteiger charge is -2.04. The van der Waals surface area contributed by atoms with Crippen LogP contribution in [-0.2, 0) is 6.54 Å². The van der Waals surface area contributed by atoms with E-state index in [1.807, 2.05) is 6.07 Å². The number of ketones is 1. The summed E-state index contributed by atoms with van der Waals surface area (Å²) in [6.45, 7) is -0.0167. The van der Waals surface area contributed by atoms with Gasteiger partial charge in [-0.3, -0.25) is 14.2 Å². The Morgan fingerprint density at radius 1 is 1.21 bits per heavy atom. The maximum Gasteiger partial charge on any atom is 0.261 e. The van der Waals surface area contributed by atoms with E-state index in [4.69, 9.17) is 0 Å². The minimum Gasteiger partial charge on any atom is -0.359 e. The van der Waals surface area contributed by atoms with Crippen molar-refractivity contribution in [3.63, 3.8) is 0 Å². The van der Waals surface area contributed by atoms with Gasteiger partial charge in [0.2, 0.25) is 0 Å². The molecule has 1 aromatic carbocycles. The monoisotopic (exact) mass is 253 g/mol. The molecule has 5 nitrogen and oxygen atoms in total. The van der Waals surface area contributed by atoms with Gasteiger partial charge in [0.05, 0.1) is 29.5 Å². The molecule has 0 saturated heterocycles. The van der Waals surface area contributed by atoms with Crippen molar-refractivity contribution in [2.45, 2.75) is 6.54 Å². The normalized spacial score (nSPS) is 10.7. The highest BCUT2D eigenvalue weighted by molar-refractivity contribution is 5.94. The molecule has 0 aliphatic rings. The first-order chi connectivity index (χ1) is 9.25. The van der Waals surface area contributed by atoms with Crippen molar-refractivity contribution in [1.82, 2.24) is 14.5 Å². The van der Waals surface area contributed by atoms with E-state index in [-0.39, 0.29) is 17.9 Å². The molecule has 2 aromatic heterocycles. The lowest BCUT2D eigenvalue weighted by molar-refractivity contribution is 0.0966. The topological polar surface area (TPSA) is 67.8 Å². The maximum atomic E-state index is 12.2. The third kappa shape index (κ3) is 2.06. The van der Waals surface area contributed by atoms with E-state index in [0.717, 1.165) is 0 Å². The lowest BCUT2D eigenvalue weighted by Crippen LogP contribution is -2.24. The standard InChI is InChI=1S/C14H11N3O2/c18-13(12-6-3-7-15-12)8-17-9-16-11-5-2-1-4-10(11)14(17)19/h1-7,9,15H,8H2. The number of Topliss-reactive ketones (excluding diaryl/α,β-unsaturated/α-hetero) is 1. The largest absolute Gasteiger partial charge is 0.359 e. The highest BCUT2D eigenvalue weighted by Gasteiger charge is 2.10. The molecule has 94 valence electrons. The lowest BCUT2D eigenvalue weighted by atomic mass is 10.2. The van der Waals surface area contributed by atoms with E-state index < -0.39 is 0 Å². The second kappa shape index (κ2) is 4.53. The van der Waals surface area contributed by atoms with Crippen molar-refractivity contribution in [2.75, 3.05) is 0 Å². The Hall–Kier alpha value is -2.69. The zero-order valence-corrected chi connectivity index (χ0v) is 10.0. The van der Waals surface area contributed by atoms with Gasteiger partial charge in [-0.2, -0.15) is 0 Å². The predicted octanol–water partition coefficient (Wildman–Crippen LogP) is 1.61. The molecule has 0 fully saturated rings. The molecular formula is C14H11N3O2. The van der Waals surface area contributed by atoms with Crippen LogP contribution in [0.15, 0.2) is 53.7 Å². The van der Waals surface area contributed by atoms with Crippen LogP contribution in [-0.4, -0.2) is 20.3 Å². The van der Waals surface area contributed by atoms with Gasteiger partial charge >= 0.3 is 0 Å². The van der Waals surface area contributed by atoms with E-state index in [9.17, 15) is 9.59 Å². The molecule has 0 aliphatic heterocycles. The van der Waals surface area contributed by atoms with E-state index >= 15 is 0 Å². The first kappa shape index (κ1) is 11.4. The molecule has 19 heavy (non-hydrogen) atoms. The van der Waals surface area contributed by atoms with Gasteiger partial charge in [-0.15, -0.1) is 0 Å². The van der Waals surface area contributed by atoms with Crippen LogP contribution < -0.4 is 5.56 Å². The summed E-state index contributed by atoms with van der Waals surface area (Å²) in [5, 5.41) is 0.518. The second-order valence-corrected chi connectivity index (χ2v) is 4.20. The number of hydrogen-bond acceptors (Lipinski definition) is 3. The molecule has 0 radical (unpaired) electrons. The van der Waals surface area contributed by atoms with Crippen molar-refractivity contribution in [3.05, 3.63) is 65.0 Å². The minimum absolute atomic E-state index is 0.0167. The third-order valence-electron chi connectivity index (χ3n) is 2.94. The highest BCUT2D eigenvalue weighted by Crippen LogP contribution is 2.05. The van der Waals surface area contributed by atoms with Crippen molar-refractivity contribution < 1.29 is 4.79 Å². The number of benzene rings is 1. The zero-order chi connectivity index (χ0) is 13.2. The summed E-state index contributed by atoms with van der Waals surface area (Å²) >= 11 is 0. The van der Waals surface area contributed by atoms with Gasteiger partial charge in [0, 0.05) is 6.20 Å². The molecule has 0 atom stereocenters. The zero-order valence-electron chi connectivity index (χ0n) is 10.0. The fraction of sp³-hybridized carbons (Fsp3) is 0.0714. The number of rotatable bonds is 3. The Morgan fingerprint density at radius 2 is 2.05 bits per heavy atom. The Bertz CT molecular complexity index is 788. The van der Waals surface area contributed by atoms with Crippen LogP contribution in [0, 0.1) is 0 Å². The van der Waals surface area contributed by atoms with Gasteiger partial charge in [0.1, 0.15) is 0 Å². The van der Waals surface area contributed by atoms with Crippen molar-refractivity contribution in [1.29, 1.82) is 0 Å². The highest BCUT2D eigenvalue weighted by atomic mass is 16.1. The molecule has 5 heteroatoms. The van der Waals surface area contributed by atoms with Crippen molar-refractivity contribution in [3.8, 4) is 0 Å². The molecular weight excluding hydrogens is 242 g/mol. The minimum atomic E-state index is -0.203. The number of carbonyl (C=O) groups excluding carboxylic acids is 1. The number of hydrogen-bond donors (Lipinski definition) is 1. The summed E-state index contributed by atoms with van der Waals surface area (Å²) in [7, 11) is 0. The van der Waals surface area contributed by atoms with Crippen LogP contribution in [0.5, 0.6) is 0 Å². The van der Waals surface area contributed by atoms with Gasteiger partial charge in [0.15, 0.2) is 5.78 Å². The summed E-state index contributed by atoms with van der Waals surface area (Å²) in [5.74, 6) is -0.149. The van der Waals surface area contributed by atoms with E-state index in [1.165, 1.54) is 10.9 Å². The Labute approximate surface area is 108 Å². The summed E-state index contributed by atoms with van der Waals surface area (Å²) in [4.78, 5) is 31.1. The maximum absolute atomic E-state index is 12.2. The number of fused-ring (bicyclic) bond motifs is 1. The molecule has 0 saturated carbocycles. The number of aromatic amines is 1. The first-order valence-corrected chi connectivity index (χ1v) is 5.86. The second-order valence-electron chi connectivity index (χ2n) is 4.20. The van der Waals surface area contributed by atoms with Gasteiger partial charge in [-0.05, 0) is 24.3 Å². The van der Waals surface area contributed by atoms with Crippen LogP contribution in [0.1, 0.15) is 10.5 Å². The molecule has 3 aromatic rings. The smallest absolute Gasteiger partial charge is 0.261 e. The van der Waals surface area contributed by atoms with Gasteiger partial charge in [-0.1, -0.05) is 12.1 Å². The SMILES string of the molecule is O=C(Cn1cnc2ccccc2c1=O)c1ccc[nH]1. The van der Waals surface area contributed by atoms with E-state index in [0.29, 0.717) is 16.6 Å². The van der Waals surface area contributed by atoms with E-state index in [2.05, 4.69) is 9.97 Å². The van der Waals surface area contributed by atoms with Gasteiger partial charge < -0.3 is 4.98 Å². The van der Waals surface area contributed by atoms with Crippen molar-refractivity contribution in [2.24, 2.45) is 0 Å². The number of aromatic nitrogens is 3. The molecule has 0 amide bonds. The number of H-pyrrole nitrogens is 1. The van der Waals surface area contributed by atoms with Crippen LogP contribution >= 0.6 is 0 Å². The Morgan fingerprint density at radius 3 is 2.84 bits per heavy atom. The summed E-state index contributed by atoms with van der Waals surface area (Å²) in [6, 6.07) is 10.5.